The minimum absolute atomic E-state index is 0.0667. The first-order chi connectivity index (χ1) is 7.84. The molecule has 1 unspecified atom stereocenters. The molecule has 0 saturated carbocycles. The third-order valence-electron chi connectivity index (χ3n) is 2.83. The van der Waals surface area contributed by atoms with Crippen molar-refractivity contribution in [2.24, 2.45) is 11.7 Å². The molecule has 0 radical (unpaired) electrons. The molecule has 0 aliphatic heterocycles. The second kappa shape index (κ2) is 7.24. The zero-order valence-corrected chi connectivity index (χ0v) is 11.0. The zero-order valence-electron chi connectivity index (χ0n) is 11.0. The van der Waals surface area contributed by atoms with E-state index in [1.807, 2.05) is 13.8 Å². The van der Waals surface area contributed by atoms with E-state index < -0.39 is 11.4 Å². The highest BCUT2D eigenvalue weighted by atomic mass is 16.5. The number of rotatable bonds is 8. The molecule has 2 amide bonds. The van der Waals surface area contributed by atoms with Crippen LogP contribution in [0, 0.1) is 5.92 Å². The Labute approximate surface area is 102 Å². The van der Waals surface area contributed by atoms with Gasteiger partial charge in [-0.25, -0.2) is 0 Å². The Morgan fingerprint density at radius 1 is 1.41 bits per heavy atom. The number of hydrogen-bond donors (Lipinski definition) is 3. The van der Waals surface area contributed by atoms with Gasteiger partial charge in [-0.05, 0) is 12.8 Å². The Morgan fingerprint density at radius 3 is 2.41 bits per heavy atom. The van der Waals surface area contributed by atoms with Crippen LogP contribution in [0.5, 0.6) is 0 Å². The van der Waals surface area contributed by atoms with Crippen LogP contribution in [-0.4, -0.2) is 44.2 Å². The number of primary amides is 1. The fraction of sp³-hybridized carbons (Fsp3) is 0.818. The van der Waals surface area contributed by atoms with Crippen molar-refractivity contribution in [3.8, 4) is 0 Å². The molecule has 0 bridgehead atoms. The molecule has 100 valence electrons. The van der Waals surface area contributed by atoms with Crippen molar-refractivity contribution < 1.29 is 14.3 Å². The first-order valence-corrected chi connectivity index (χ1v) is 5.65. The smallest absolute Gasteiger partial charge is 0.243 e. The van der Waals surface area contributed by atoms with E-state index in [0.717, 1.165) is 0 Å². The first-order valence-electron chi connectivity index (χ1n) is 5.65. The van der Waals surface area contributed by atoms with E-state index in [1.54, 1.807) is 14.0 Å². The van der Waals surface area contributed by atoms with Gasteiger partial charge in [-0.15, -0.1) is 0 Å². The van der Waals surface area contributed by atoms with Crippen molar-refractivity contribution in [1.82, 2.24) is 10.6 Å². The number of carbonyl (C=O) groups excluding carboxylic acids is 2. The molecule has 4 N–H and O–H groups in total. The highest BCUT2D eigenvalue weighted by molar-refractivity contribution is 5.90. The van der Waals surface area contributed by atoms with Crippen molar-refractivity contribution >= 4 is 11.8 Å². The average Bonchev–Trinajstić information content (AvgIpc) is 2.23. The van der Waals surface area contributed by atoms with Gasteiger partial charge >= 0.3 is 0 Å². The Balaban J connectivity index is 4.20. The maximum atomic E-state index is 11.6. The van der Waals surface area contributed by atoms with E-state index >= 15 is 0 Å². The Kier molecular flexibility index (Phi) is 6.75. The normalized spacial score (nSPS) is 14.4. The highest BCUT2D eigenvalue weighted by Crippen LogP contribution is 2.15. The van der Waals surface area contributed by atoms with Crippen LogP contribution in [0.1, 0.15) is 20.8 Å². The van der Waals surface area contributed by atoms with Crippen LogP contribution in [-0.2, 0) is 14.3 Å². The van der Waals surface area contributed by atoms with E-state index in [-0.39, 0.29) is 18.4 Å². The molecule has 0 fully saturated rings. The van der Waals surface area contributed by atoms with Crippen molar-refractivity contribution in [3.63, 3.8) is 0 Å². The fourth-order valence-electron chi connectivity index (χ4n) is 1.20. The quantitative estimate of drug-likeness (QED) is 0.490. The van der Waals surface area contributed by atoms with Gasteiger partial charge in [0.15, 0.2) is 0 Å². The van der Waals surface area contributed by atoms with Gasteiger partial charge in [0.1, 0.15) is 5.54 Å². The predicted octanol–water partition coefficient (Wildman–Crippen LogP) is -0.761. The second-order valence-electron chi connectivity index (χ2n) is 4.44. The molecular weight excluding hydrogens is 222 g/mol. The zero-order chi connectivity index (χ0) is 13.5. The van der Waals surface area contributed by atoms with Crippen LogP contribution in [0.3, 0.4) is 0 Å². The molecule has 0 aromatic carbocycles. The molecule has 0 spiro atoms. The standard InChI is InChI=1S/C11H23N3O3/c1-8(2)11(3,10(12)16)14-9(15)7-13-5-6-17-4/h8,13H,5-7H2,1-4H3,(H2,12,16)(H,14,15). The summed E-state index contributed by atoms with van der Waals surface area (Å²) >= 11 is 0. The molecule has 0 heterocycles. The molecule has 6 nitrogen and oxygen atoms in total. The van der Waals surface area contributed by atoms with Gasteiger partial charge in [0.25, 0.3) is 0 Å². The maximum absolute atomic E-state index is 11.6. The lowest BCUT2D eigenvalue weighted by atomic mass is 9.87. The van der Waals surface area contributed by atoms with Crippen molar-refractivity contribution in [3.05, 3.63) is 0 Å². The lowest BCUT2D eigenvalue weighted by Gasteiger charge is -2.31. The summed E-state index contributed by atoms with van der Waals surface area (Å²) in [5.41, 5.74) is 4.29. The number of methoxy groups -OCH3 is 1. The summed E-state index contributed by atoms with van der Waals surface area (Å²) in [6.45, 7) is 6.56. The lowest BCUT2D eigenvalue weighted by Crippen LogP contribution is -2.60. The number of ether oxygens (including phenoxy) is 1. The number of carbonyl (C=O) groups is 2. The molecule has 0 saturated heterocycles. The summed E-state index contributed by atoms with van der Waals surface area (Å²) in [6, 6.07) is 0. The summed E-state index contributed by atoms with van der Waals surface area (Å²) < 4.78 is 4.83. The van der Waals surface area contributed by atoms with Crippen LogP contribution in [0.15, 0.2) is 0 Å². The maximum Gasteiger partial charge on any atom is 0.243 e. The molecule has 0 aromatic heterocycles. The van der Waals surface area contributed by atoms with Gasteiger partial charge in [0, 0.05) is 13.7 Å². The summed E-state index contributed by atoms with van der Waals surface area (Å²) in [7, 11) is 1.59. The molecule has 0 rings (SSSR count). The average molecular weight is 245 g/mol. The third kappa shape index (κ3) is 5.14. The number of nitrogens with one attached hydrogen (secondary N) is 2. The molecule has 0 aliphatic rings. The molecule has 17 heavy (non-hydrogen) atoms. The highest BCUT2D eigenvalue weighted by Gasteiger charge is 2.35. The minimum Gasteiger partial charge on any atom is -0.383 e. The minimum atomic E-state index is -1.01. The van der Waals surface area contributed by atoms with Crippen LogP contribution >= 0.6 is 0 Å². The van der Waals surface area contributed by atoms with Gasteiger partial charge in [-0.2, -0.15) is 0 Å². The third-order valence-corrected chi connectivity index (χ3v) is 2.83. The second-order valence-corrected chi connectivity index (χ2v) is 4.44. The van der Waals surface area contributed by atoms with Gasteiger partial charge in [-0.1, -0.05) is 13.8 Å². The predicted molar refractivity (Wildman–Crippen MR) is 65.3 cm³/mol. The van der Waals surface area contributed by atoms with Crippen LogP contribution in [0.25, 0.3) is 0 Å². The first kappa shape index (κ1) is 15.9. The Morgan fingerprint density at radius 2 is 2.00 bits per heavy atom. The topological polar surface area (TPSA) is 93.4 Å². The van der Waals surface area contributed by atoms with Crippen molar-refractivity contribution in [1.29, 1.82) is 0 Å². The van der Waals surface area contributed by atoms with E-state index in [1.165, 1.54) is 0 Å². The van der Waals surface area contributed by atoms with E-state index in [2.05, 4.69) is 10.6 Å². The van der Waals surface area contributed by atoms with Gasteiger partial charge in [-0.3, -0.25) is 9.59 Å². The monoisotopic (exact) mass is 245 g/mol. The number of amides is 2. The van der Waals surface area contributed by atoms with Crippen LogP contribution in [0.4, 0.5) is 0 Å². The van der Waals surface area contributed by atoms with Crippen molar-refractivity contribution in [2.75, 3.05) is 26.8 Å². The van der Waals surface area contributed by atoms with Gasteiger partial charge in [0.2, 0.25) is 11.8 Å². The Hall–Kier alpha value is -1.14. The summed E-state index contributed by atoms with van der Waals surface area (Å²) in [5.74, 6) is -0.850. The molecular formula is C11H23N3O3. The summed E-state index contributed by atoms with van der Waals surface area (Å²) in [4.78, 5) is 23.0. The summed E-state index contributed by atoms with van der Waals surface area (Å²) in [6.07, 6.45) is 0. The molecule has 6 heteroatoms. The SMILES string of the molecule is COCCNCC(=O)NC(C)(C(N)=O)C(C)C. The largest absolute Gasteiger partial charge is 0.383 e. The fourth-order valence-corrected chi connectivity index (χ4v) is 1.20. The van der Waals surface area contributed by atoms with Crippen LogP contribution in [0.2, 0.25) is 0 Å². The number of nitrogens with two attached hydrogens (primary N) is 1. The van der Waals surface area contributed by atoms with Gasteiger partial charge < -0.3 is 21.1 Å². The van der Waals surface area contributed by atoms with Gasteiger partial charge in [0.05, 0.1) is 13.2 Å². The van der Waals surface area contributed by atoms with E-state index in [0.29, 0.717) is 13.2 Å². The number of hydrogen-bond acceptors (Lipinski definition) is 4. The molecule has 1 atom stereocenters. The van der Waals surface area contributed by atoms with Crippen LogP contribution < -0.4 is 16.4 Å². The van der Waals surface area contributed by atoms with E-state index in [9.17, 15) is 9.59 Å². The van der Waals surface area contributed by atoms with E-state index in [4.69, 9.17) is 10.5 Å². The molecule has 0 aromatic rings. The summed E-state index contributed by atoms with van der Waals surface area (Å²) in [5, 5.41) is 5.55. The van der Waals surface area contributed by atoms with Crippen molar-refractivity contribution in [2.45, 2.75) is 26.3 Å². The Bertz CT molecular complexity index is 269. The molecule has 0 aliphatic carbocycles. The lowest BCUT2D eigenvalue weighted by molar-refractivity contribution is -0.132.